The molecule has 0 saturated carbocycles. The molecule has 318 valence electrons. The first kappa shape index (κ1) is 38.6. The zero-order valence-corrected chi connectivity index (χ0v) is 37.3. The van der Waals surface area contributed by atoms with Crippen LogP contribution in [0.2, 0.25) is 0 Å². The van der Waals surface area contributed by atoms with Gasteiger partial charge in [-0.2, -0.15) is 0 Å². The average Bonchev–Trinajstić information content (AvgIpc) is 3.91. The van der Waals surface area contributed by atoms with Gasteiger partial charge in [0.2, 0.25) is 0 Å². The van der Waals surface area contributed by atoms with Crippen LogP contribution in [0.5, 0.6) is 0 Å². The van der Waals surface area contributed by atoms with Gasteiger partial charge in [0.25, 0.3) is 0 Å². The van der Waals surface area contributed by atoms with Crippen molar-refractivity contribution in [3.8, 4) is 44.6 Å². The molecular weight excluding hydrogens is 823 g/mol. The van der Waals surface area contributed by atoms with E-state index in [9.17, 15) is 0 Å². The van der Waals surface area contributed by atoms with Crippen molar-refractivity contribution in [1.82, 2.24) is 14.5 Å². The number of aromatic nitrogens is 3. The molecule has 10 aromatic carbocycles. The molecule has 3 heteroatoms. The SMILES string of the molecule is C1=CC(n2c3ccccc3c3ccc(-c4ccc(-c5ccc6c(c5)C(c5ccccc5)(c5ccccc5)c5cc(-c7cnc8c9ccccc9c9ccccc9c8n7)ccc5-6)cc4)cc32)=CCC1. The molecule has 0 amide bonds. The summed E-state index contributed by atoms with van der Waals surface area (Å²) in [7, 11) is 0. The number of para-hydroxylation sites is 1. The largest absolute Gasteiger partial charge is 0.310 e. The highest BCUT2D eigenvalue weighted by atomic mass is 15.0. The number of benzene rings is 10. The molecule has 3 nitrogen and oxygen atoms in total. The van der Waals surface area contributed by atoms with E-state index in [1.165, 1.54) is 93.9 Å². The standard InChI is InChI=1S/C65H43N3/c1-4-16-47(17-5-1)65(48-18-6-2-7-19-48)58-38-44(42-28-30-43(31-29-42)45-33-37-55-54-24-14-15-27-61(54)68(62(55)40-45)49-20-8-3-9-21-49)32-35-52(58)53-36-34-46(39-59(53)65)60-41-66-63-56-25-12-10-22-50(56)51-23-11-13-26-57(51)64(63)67-60/h1-2,4-8,10-41H,3,9H2. The van der Waals surface area contributed by atoms with Crippen LogP contribution in [0.4, 0.5) is 0 Å². The van der Waals surface area contributed by atoms with Crippen LogP contribution >= 0.6 is 0 Å². The van der Waals surface area contributed by atoms with Crippen LogP contribution in [0.25, 0.3) is 105 Å². The van der Waals surface area contributed by atoms with Gasteiger partial charge in [0, 0.05) is 32.8 Å². The van der Waals surface area contributed by atoms with Crippen molar-refractivity contribution in [2.24, 2.45) is 0 Å². The summed E-state index contributed by atoms with van der Waals surface area (Å²) < 4.78 is 2.44. The van der Waals surface area contributed by atoms with Crippen molar-refractivity contribution < 1.29 is 0 Å². The van der Waals surface area contributed by atoms with Gasteiger partial charge in [0.05, 0.1) is 39.4 Å². The van der Waals surface area contributed by atoms with Gasteiger partial charge in [-0.1, -0.05) is 200 Å². The molecule has 68 heavy (non-hydrogen) atoms. The number of hydrogen-bond acceptors (Lipinski definition) is 2. The molecule has 2 heterocycles. The van der Waals surface area contributed by atoms with E-state index in [2.05, 4.69) is 235 Å². The third-order valence-corrected chi connectivity index (χ3v) is 14.7. The van der Waals surface area contributed by atoms with Crippen molar-refractivity contribution in [1.29, 1.82) is 0 Å². The van der Waals surface area contributed by atoms with Crippen molar-refractivity contribution in [2.75, 3.05) is 0 Å². The summed E-state index contributed by atoms with van der Waals surface area (Å²) in [4.78, 5) is 10.6. The molecule has 0 radical (unpaired) electrons. The molecule has 0 bridgehead atoms. The van der Waals surface area contributed by atoms with E-state index in [0.717, 1.165) is 45.9 Å². The number of nitrogens with zero attached hydrogens (tertiary/aromatic N) is 3. The second-order valence-electron chi connectivity index (χ2n) is 18.3. The Morgan fingerprint density at radius 3 is 1.56 bits per heavy atom. The lowest BCUT2D eigenvalue weighted by atomic mass is 9.67. The normalized spacial score (nSPS) is 13.9. The van der Waals surface area contributed by atoms with Crippen molar-refractivity contribution in [3.05, 3.63) is 259 Å². The summed E-state index contributed by atoms with van der Waals surface area (Å²) in [5.74, 6) is 0. The minimum absolute atomic E-state index is 0.594. The molecule has 2 aliphatic rings. The van der Waals surface area contributed by atoms with Crippen molar-refractivity contribution >= 4 is 60.1 Å². The Labute approximate surface area is 394 Å². The molecule has 0 fully saturated rings. The summed E-state index contributed by atoms with van der Waals surface area (Å²) in [5, 5.41) is 7.18. The summed E-state index contributed by atoms with van der Waals surface area (Å²) in [6, 6.07) is 78.2. The molecule has 14 rings (SSSR count). The summed E-state index contributed by atoms with van der Waals surface area (Å²) in [6.07, 6.45) is 11.1. The van der Waals surface area contributed by atoms with E-state index < -0.39 is 5.41 Å². The lowest BCUT2D eigenvalue weighted by Gasteiger charge is -2.34. The molecule has 0 saturated heterocycles. The third kappa shape index (κ3) is 5.72. The third-order valence-electron chi connectivity index (χ3n) is 14.7. The molecule has 0 atom stereocenters. The fraction of sp³-hybridized carbons (Fsp3) is 0.0462. The smallest absolute Gasteiger partial charge is 0.0979 e. The fourth-order valence-electron chi connectivity index (χ4n) is 11.6. The van der Waals surface area contributed by atoms with Crippen LogP contribution in [0.15, 0.2) is 237 Å². The molecule has 0 aliphatic heterocycles. The number of hydrogen-bond donors (Lipinski definition) is 0. The quantitative estimate of drug-likeness (QED) is 0.156. The zero-order valence-electron chi connectivity index (χ0n) is 37.3. The van der Waals surface area contributed by atoms with Crippen LogP contribution in [-0.2, 0) is 5.41 Å². The first-order valence-corrected chi connectivity index (χ1v) is 23.7. The van der Waals surface area contributed by atoms with Crippen LogP contribution in [0.1, 0.15) is 35.1 Å². The second kappa shape index (κ2) is 15.2. The Morgan fingerprint density at radius 2 is 0.912 bits per heavy atom. The van der Waals surface area contributed by atoms with Gasteiger partial charge in [-0.05, 0) is 110 Å². The molecule has 12 aromatic rings. The van der Waals surface area contributed by atoms with Gasteiger partial charge >= 0.3 is 0 Å². The zero-order chi connectivity index (χ0) is 44.8. The summed E-state index contributed by atoms with van der Waals surface area (Å²) >= 11 is 0. The first-order valence-electron chi connectivity index (χ1n) is 23.7. The number of fused-ring (bicyclic) bond motifs is 12. The highest BCUT2D eigenvalue weighted by Crippen LogP contribution is 2.57. The molecule has 0 unspecified atom stereocenters. The maximum atomic E-state index is 5.46. The average molecular weight is 866 g/mol. The highest BCUT2D eigenvalue weighted by molar-refractivity contribution is 6.23. The Hall–Kier alpha value is -8.66. The Morgan fingerprint density at radius 1 is 0.397 bits per heavy atom. The minimum Gasteiger partial charge on any atom is -0.310 e. The van der Waals surface area contributed by atoms with E-state index in [4.69, 9.17) is 9.97 Å². The van der Waals surface area contributed by atoms with Crippen LogP contribution < -0.4 is 0 Å². The van der Waals surface area contributed by atoms with Gasteiger partial charge in [0.15, 0.2) is 0 Å². The molecular formula is C65H43N3. The predicted molar refractivity (Wildman–Crippen MR) is 284 cm³/mol. The van der Waals surface area contributed by atoms with Crippen molar-refractivity contribution in [3.63, 3.8) is 0 Å². The van der Waals surface area contributed by atoms with E-state index in [0.29, 0.717) is 0 Å². The number of rotatable bonds is 6. The minimum atomic E-state index is -0.594. The Kier molecular flexibility index (Phi) is 8.63. The Balaban J connectivity index is 0.908. The molecule has 2 aromatic heterocycles. The highest BCUT2D eigenvalue weighted by Gasteiger charge is 2.46. The van der Waals surface area contributed by atoms with Gasteiger partial charge < -0.3 is 4.57 Å². The molecule has 2 aliphatic carbocycles. The first-order chi connectivity index (χ1) is 33.7. The van der Waals surface area contributed by atoms with E-state index in [1.54, 1.807) is 0 Å². The van der Waals surface area contributed by atoms with Crippen LogP contribution in [-0.4, -0.2) is 14.5 Å². The van der Waals surface area contributed by atoms with Gasteiger partial charge in [-0.15, -0.1) is 0 Å². The lowest BCUT2D eigenvalue weighted by Crippen LogP contribution is -2.28. The second-order valence-corrected chi connectivity index (χ2v) is 18.3. The maximum absolute atomic E-state index is 5.46. The van der Waals surface area contributed by atoms with Gasteiger partial charge in [-0.25, -0.2) is 4.98 Å². The Bertz CT molecular complexity index is 3990. The van der Waals surface area contributed by atoms with Gasteiger partial charge in [-0.3, -0.25) is 4.98 Å². The van der Waals surface area contributed by atoms with E-state index in [1.807, 2.05) is 6.20 Å². The number of allylic oxidation sites excluding steroid dienone is 4. The summed E-state index contributed by atoms with van der Waals surface area (Å²) in [5.41, 5.74) is 19.1. The molecule has 0 N–H and O–H groups in total. The van der Waals surface area contributed by atoms with E-state index in [-0.39, 0.29) is 0 Å². The van der Waals surface area contributed by atoms with Crippen molar-refractivity contribution in [2.45, 2.75) is 18.3 Å². The predicted octanol–water partition coefficient (Wildman–Crippen LogP) is 16.6. The topological polar surface area (TPSA) is 30.7 Å². The van der Waals surface area contributed by atoms with Crippen LogP contribution in [0, 0.1) is 0 Å². The maximum Gasteiger partial charge on any atom is 0.0979 e. The monoisotopic (exact) mass is 865 g/mol. The lowest BCUT2D eigenvalue weighted by molar-refractivity contribution is 0.769. The fourth-order valence-corrected chi connectivity index (χ4v) is 11.6. The molecule has 0 spiro atoms. The summed E-state index contributed by atoms with van der Waals surface area (Å²) in [6.45, 7) is 0. The van der Waals surface area contributed by atoms with Crippen LogP contribution in [0.3, 0.4) is 0 Å². The van der Waals surface area contributed by atoms with E-state index >= 15 is 0 Å². The van der Waals surface area contributed by atoms with Gasteiger partial charge in [0.1, 0.15) is 0 Å².